The molecule has 0 aliphatic heterocycles. The minimum absolute atomic E-state index is 0.0406. The third-order valence-electron chi connectivity index (χ3n) is 1.63. The molecule has 0 aliphatic rings. The number of hydrogen-bond donors (Lipinski definition) is 1. The Morgan fingerprint density at radius 1 is 1.77 bits per heavy atom. The Balaban J connectivity index is 2.37. The summed E-state index contributed by atoms with van der Waals surface area (Å²) in [5, 5.41) is 2.94. The third-order valence-corrected chi connectivity index (χ3v) is 2.52. The van der Waals surface area contributed by atoms with Crippen LogP contribution in [0.2, 0.25) is 0 Å². The predicted octanol–water partition coefficient (Wildman–Crippen LogP) is 0.553. The van der Waals surface area contributed by atoms with Gasteiger partial charge in [0.05, 0.1) is 6.61 Å². The van der Waals surface area contributed by atoms with Crippen molar-refractivity contribution in [2.75, 3.05) is 32.2 Å². The average Bonchev–Trinajstić information content (AvgIpc) is 2.55. The van der Waals surface area contributed by atoms with Crippen molar-refractivity contribution in [3.05, 3.63) is 11.6 Å². The van der Waals surface area contributed by atoms with Gasteiger partial charge in [-0.3, -0.25) is 0 Å². The highest BCUT2D eigenvalue weighted by Crippen LogP contribution is 2.14. The van der Waals surface area contributed by atoms with Gasteiger partial charge in [-0.15, -0.1) is 11.3 Å². The molecular formula is C8H15N3OS. The molecule has 1 rings (SSSR count). The molecule has 2 N–H and O–H groups in total. The summed E-state index contributed by atoms with van der Waals surface area (Å²) in [6, 6.07) is 0.0406. The largest absolute Gasteiger partial charge is 0.383 e. The van der Waals surface area contributed by atoms with Gasteiger partial charge >= 0.3 is 0 Å². The summed E-state index contributed by atoms with van der Waals surface area (Å²) in [6.07, 6.45) is 1.79. The smallest absolute Gasteiger partial charge is 0.185 e. The number of nitrogens with two attached hydrogens (primary N) is 1. The van der Waals surface area contributed by atoms with E-state index in [0.29, 0.717) is 6.61 Å². The van der Waals surface area contributed by atoms with Gasteiger partial charge in [0.25, 0.3) is 0 Å². The van der Waals surface area contributed by atoms with E-state index in [9.17, 15) is 0 Å². The minimum Gasteiger partial charge on any atom is -0.383 e. The summed E-state index contributed by atoms with van der Waals surface area (Å²) < 4.78 is 4.95. The van der Waals surface area contributed by atoms with Gasteiger partial charge < -0.3 is 15.4 Å². The fourth-order valence-corrected chi connectivity index (χ4v) is 1.72. The molecule has 0 amide bonds. The number of aromatic nitrogens is 1. The summed E-state index contributed by atoms with van der Waals surface area (Å²) in [6.45, 7) is 1.34. The van der Waals surface area contributed by atoms with Crippen molar-refractivity contribution in [1.29, 1.82) is 0 Å². The van der Waals surface area contributed by atoms with Crippen molar-refractivity contribution in [3.63, 3.8) is 0 Å². The zero-order valence-corrected chi connectivity index (χ0v) is 8.75. The lowest BCUT2D eigenvalue weighted by Crippen LogP contribution is -2.38. The maximum absolute atomic E-state index is 5.80. The molecule has 0 saturated carbocycles. The van der Waals surface area contributed by atoms with Crippen LogP contribution in [0.3, 0.4) is 0 Å². The van der Waals surface area contributed by atoms with Crippen LogP contribution in [0.25, 0.3) is 0 Å². The summed E-state index contributed by atoms with van der Waals surface area (Å²) in [4.78, 5) is 6.21. The van der Waals surface area contributed by atoms with Crippen LogP contribution in [0.5, 0.6) is 0 Å². The zero-order chi connectivity index (χ0) is 9.68. The van der Waals surface area contributed by atoms with Crippen molar-refractivity contribution in [1.82, 2.24) is 4.98 Å². The summed E-state index contributed by atoms with van der Waals surface area (Å²) in [5.74, 6) is 0. The Kier molecular flexibility index (Phi) is 4.14. The fourth-order valence-electron chi connectivity index (χ4n) is 1.10. The molecule has 74 valence electrons. The van der Waals surface area contributed by atoms with Crippen molar-refractivity contribution in [3.8, 4) is 0 Å². The van der Waals surface area contributed by atoms with Gasteiger partial charge in [0, 0.05) is 38.3 Å². The van der Waals surface area contributed by atoms with Gasteiger partial charge in [-0.2, -0.15) is 0 Å². The van der Waals surface area contributed by atoms with E-state index in [1.807, 2.05) is 17.3 Å². The summed E-state index contributed by atoms with van der Waals surface area (Å²) in [7, 11) is 3.64. The Morgan fingerprint density at radius 2 is 2.54 bits per heavy atom. The first-order chi connectivity index (χ1) is 6.24. The number of rotatable bonds is 5. The SMILES string of the molecule is COCC(N)CN(C)c1nccs1. The zero-order valence-electron chi connectivity index (χ0n) is 7.93. The Hall–Kier alpha value is -0.650. The first kappa shape index (κ1) is 10.4. The maximum atomic E-state index is 5.80. The molecule has 5 heteroatoms. The Bertz CT molecular complexity index is 227. The van der Waals surface area contributed by atoms with E-state index in [4.69, 9.17) is 10.5 Å². The number of likely N-dealkylation sites (N-methyl/N-ethyl adjacent to an activating group) is 1. The van der Waals surface area contributed by atoms with Crippen molar-refractivity contribution >= 4 is 16.5 Å². The molecule has 4 nitrogen and oxygen atoms in total. The predicted molar refractivity (Wildman–Crippen MR) is 55.2 cm³/mol. The van der Waals surface area contributed by atoms with Crippen LogP contribution in [-0.2, 0) is 4.74 Å². The molecule has 1 heterocycles. The van der Waals surface area contributed by atoms with Crippen LogP contribution in [0.1, 0.15) is 0 Å². The second-order valence-corrected chi connectivity index (χ2v) is 3.78. The van der Waals surface area contributed by atoms with E-state index in [1.54, 1.807) is 24.6 Å². The van der Waals surface area contributed by atoms with Gasteiger partial charge in [-0.05, 0) is 0 Å². The Morgan fingerprint density at radius 3 is 3.08 bits per heavy atom. The number of nitrogens with zero attached hydrogens (tertiary/aromatic N) is 2. The first-order valence-electron chi connectivity index (χ1n) is 4.09. The molecule has 0 saturated heterocycles. The van der Waals surface area contributed by atoms with Crippen molar-refractivity contribution < 1.29 is 4.74 Å². The number of hydrogen-bond acceptors (Lipinski definition) is 5. The van der Waals surface area contributed by atoms with Crippen molar-refractivity contribution in [2.45, 2.75) is 6.04 Å². The molecular weight excluding hydrogens is 186 g/mol. The van der Waals surface area contributed by atoms with Crippen molar-refractivity contribution in [2.24, 2.45) is 5.73 Å². The molecule has 0 radical (unpaired) electrons. The number of methoxy groups -OCH3 is 1. The molecule has 0 aliphatic carbocycles. The second kappa shape index (κ2) is 5.16. The van der Waals surface area contributed by atoms with Gasteiger partial charge in [0.2, 0.25) is 0 Å². The molecule has 0 fully saturated rings. The van der Waals surface area contributed by atoms with E-state index in [-0.39, 0.29) is 6.04 Å². The van der Waals surface area contributed by atoms with E-state index >= 15 is 0 Å². The monoisotopic (exact) mass is 201 g/mol. The lowest BCUT2D eigenvalue weighted by Gasteiger charge is -2.19. The van der Waals surface area contributed by atoms with E-state index in [1.165, 1.54) is 0 Å². The average molecular weight is 201 g/mol. The molecule has 0 spiro atoms. The van der Waals surface area contributed by atoms with Gasteiger partial charge in [-0.25, -0.2) is 4.98 Å². The number of ether oxygens (including phenoxy) is 1. The van der Waals surface area contributed by atoms with E-state index in [2.05, 4.69) is 4.98 Å². The van der Waals surface area contributed by atoms with Gasteiger partial charge in [0.15, 0.2) is 5.13 Å². The maximum Gasteiger partial charge on any atom is 0.185 e. The van der Waals surface area contributed by atoms with E-state index in [0.717, 1.165) is 11.7 Å². The molecule has 1 aromatic heterocycles. The topological polar surface area (TPSA) is 51.4 Å². The van der Waals surface area contributed by atoms with Gasteiger partial charge in [0.1, 0.15) is 0 Å². The van der Waals surface area contributed by atoms with Crippen LogP contribution in [0.4, 0.5) is 5.13 Å². The molecule has 1 unspecified atom stereocenters. The third kappa shape index (κ3) is 3.30. The standard InChI is InChI=1S/C8H15N3OS/c1-11(5-7(9)6-12-2)8-10-3-4-13-8/h3-4,7H,5-6,9H2,1-2H3. The Labute approximate surface area is 82.3 Å². The van der Waals surface area contributed by atoms with Crippen LogP contribution in [0.15, 0.2) is 11.6 Å². The van der Waals surface area contributed by atoms with Crippen LogP contribution in [-0.4, -0.2) is 38.3 Å². The fraction of sp³-hybridized carbons (Fsp3) is 0.625. The number of thiazole rings is 1. The van der Waals surface area contributed by atoms with Crippen LogP contribution < -0.4 is 10.6 Å². The molecule has 1 atom stereocenters. The quantitative estimate of drug-likeness (QED) is 0.756. The lowest BCUT2D eigenvalue weighted by atomic mass is 10.3. The molecule has 0 aromatic carbocycles. The van der Waals surface area contributed by atoms with Crippen LogP contribution >= 0.6 is 11.3 Å². The molecule has 0 bridgehead atoms. The molecule has 1 aromatic rings. The lowest BCUT2D eigenvalue weighted by molar-refractivity contribution is 0.181. The number of anilines is 1. The second-order valence-electron chi connectivity index (χ2n) is 2.91. The first-order valence-corrected chi connectivity index (χ1v) is 4.97. The van der Waals surface area contributed by atoms with Gasteiger partial charge in [-0.1, -0.05) is 0 Å². The highest BCUT2D eigenvalue weighted by molar-refractivity contribution is 7.13. The molecule has 13 heavy (non-hydrogen) atoms. The minimum atomic E-state index is 0.0406. The normalized spacial score (nSPS) is 12.8. The van der Waals surface area contributed by atoms with E-state index < -0.39 is 0 Å². The summed E-state index contributed by atoms with van der Waals surface area (Å²) in [5.41, 5.74) is 5.80. The highest BCUT2D eigenvalue weighted by atomic mass is 32.1. The van der Waals surface area contributed by atoms with Crippen LogP contribution in [0, 0.1) is 0 Å². The highest BCUT2D eigenvalue weighted by Gasteiger charge is 2.08. The summed E-state index contributed by atoms with van der Waals surface area (Å²) >= 11 is 1.61.